The molecule has 96 valence electrons. The van der Waals surface area contributed by atoms with Gasteiger partial charge in [0.1, 0.15) is 11.6 Å². The number of aliphatic hydroxyl groups excluding tert-OH is 1. The van der Waals surface area contributed by atoms with E-state index < -0.39 is 6.10 Å². The van der Waals surface area contributed by atoms with Gasteiger partial charge in [-0.15, -0.1) is 0 Å². The number of hydrogen-bond acceptors (Lipinski definition) is 5. The lowest BCUT2D eigenvalue weighted by Crippen LogP contribution is -2.38. The zero-order valence-electron chi connectivity index (χ0n) is 10.2. The Kier molecular flexibility index (Phi) is 3.64. The molecule has 0 spiro atoms. The topological polar surface area (TPSA) is 91.4 Å². The number of nitrogens with zero attached hydrogens (tertiary/aromatic N) is 1. The molecule has 2 atom stereocenters. The van der Waals surface area contributed by atoms with E-state index >= 15 is 0 Å². The maximum absolute atomic E-state index is 9.50. The molecule has 0 amide bonds. The summed E-state index contributed by atoms with van der Waals surface area (Å²) in [5.74, 6) is 0.845. The normalized spacial score (nSPS) is 14.4. The van der Waals surface area contributed by atoms with Gasteiger partial charge in [-0.05, 0) is 30.5 Å². The molecule has 2 unspecified atom stereocenters. The third-order valence-corrected chi connectivity index (χ3v) is 2.87. The second kappa shape index (κ2) is 5.20. The van der Waals surface area contributed by atoms with Crippen LogP contribution in [-0.2, 0) is 0 Å². The number of fused-ring (bicyclic) bond motifs is 1. The lowest BCUT2D eigenvalue weighted by atomic mass is 10.1. The van der Waals surface area contributed by atoms with Crippen molar-refractivity contribution in [3.63, 3.8) is 0 Å². The van der Waals surface area contributed by atoms with Crippen molar-refractivity contribution in [3.8, 4) is 5.75 Å². The summed E-state index contributed by atoms with van der Waals surface area (Å²) in [6.07, 6.45) is 1.11. The molecular weight excluding hydrogens is 230 g/mol. The van der Waals surface area contributed by atoms with Gasteiger partial charge >= 0.3 is 0 Å². The maximum Gasteiger partial charge on any atom is 0.134 e. The molecule has 1 aromatic heterocycles. The zero-order valence-corrected chi connectivity index (χ0v) is 10.2. The van der Waals surface area contributed by atoms with Crippen molar-refractivity contribution in [2.45, 2.75) is 19.1 Å². The van der Waals surface area contributed by atoms with Crippen LogP contribution in [0.5, 0.6) is 5.75 Å². The predicted molar refractivity (Wildman–Crippen MR) is 71.6 cm³/mol. The first kappa shape index (κ1) is 12.6. The number of aromatic nitrogens is 1. The smallest absolute Gasteiger partial charge is 0.134 e. The average Bonchev–Trinajstić information content (AvgIpc) is 2.35. The van der Waals surface area contributed by atoms with Crippen molar-refractivity contribution >= 4 is 16.6 Å². The monoisotopic (exact) mass is 247 g/mol. The highest BCUT2D eigenvalue weighted by Gasteiger charge is 2.10. The molecule has 1 aromatic carbocycles. The van der Waals surface area contributed by atoms with Crippen LogP contribution in [0.4, 0.5) is 5.82 Å². The van der Waals surface area contributed by atoms with Crippen LogP contribution in [0.3, 0.4) is 0 Å². The molecule has 1 heterocycles. The van der Waals surface area contributed by atoms with Crippen molar-refractivity contribution in [3.05, 3.63) is 30.5 Å². The van der Waals surface area contributed by atoms with Gasteiger partial charge in [-0.3, -0.25) is 0 Å². The number of pyridine rings is 1. The summed E-state index contributed by atoms with van der Waals surface area (Å²) in [5.41, 5.74) is 5.75. The van der Waals surface area contributed by atoms with Gasteiger partial charge < -0.3 is 21.3 Å². The van der Waals surface area contributed by atoms with Gasteiger partial charge in [0.15, 0.2) is 0 Å². The standard InChI is InChI=1S/C13H17N3O2/c1-8(17)12(14)7-16-13-11-6-10(18)3-2-9(11)4-5-15-13/h2-6,8,12,17-18H,7,14H2,1H3,(H,15,16). The Morgan fingerprint density at radius 3 is 2.89 bits per heavy atom. The number of anilines is 1. The van der Waals surface area contributed by atoms with Crippen molar-refractivity contribution < 1.29 is 10.2 Å². The summed E-state index contributed by atoms with van der Waals surface area (Å²) in [5, 5.41) is 23.7. The number of hydrogen-bond donors (Lipinski definition) is 4. The molecule has 0 saturated carbocycles. The van der Waals surface area contributed by atoms with Crippen molar-refractivity contribution in [2.75, 3.05) is 11.9 Å². The quantitative estimate of drug-likeness (QED) is 0.648. The van der Waals surface area contributed by atoms with E-state index in [-0.39, 0.29) is 11.8 Å². The molecule has 2 rings (SSSR count). The number of benzene rings is 1. The third-order valence-electron chi connectivity index (χ3n) is 2.87. The van der Waals surface area contributed by atoms with E-state index in [0.29, 0.717) is 12.4 Å². The van der Waals surface area contributed by atoms with E-state index in [0.717, 1.165) is 10.8 Å². The van der Waals surface area contributed by atoms with Gasteiger partial charge in [0.25, 0.3) is 0 Å². The van der Waals surface area contributed by atoms with E-state index in [4.69, 9.17) is 5.73 Å². The van der Waals surface area contributed by atoms with Crippen LogP contribution in [-0.4, -0.2) is 33.9 Å². The van der Waals surface area contributed by atoms with Crippen LogP contribution < -0.4 is 11.1 Å². The summed E-state index contributed by atoms with van der Waals surface area (Å²) in [4.78, 5) is 4.22. The molecule has 5 nitrogen and oxygen atoms in total. The van der Waals surface area contributed by atoms with Crippen LogP contribution in [0.1, 0.15) is 6.92 Å². The van der Waals surface area contributed by atoms with E-state index in [2.05, 4.69) is 10.3 Å². The second-order valence-corrected chi connectivity index (χ2v) is 4.35. The SMILES string of the molecule is CC(O)C(N)CNc1nccc2ccc(O)cc12. The van der Waals surface area contributed by atoms with E-state index in [1.165, 1.54) is 0 Å². The Balaban J connectivity index is 2.25. The van der Waals surface area contributed by atoms with E-state index in [9.17, 15) is 10.2 Å². The molecule has 0 fully saturated rings. The Morgan fingerprint density at radius 1 is 1.39 bits per heavy atom. The summed E-state index contributed by atoms with van der Waals surface area (Å²) >= 11 is 0. The van der Waals surface area contributed by atoms with Gasteiger partial charge in [0.2, 0.25) is 0 Å². The number of aromatic hydroxyl groups is 1. The minimum absolute atomic E-state index is 0.193. The molecular formula is C13H17N3O2. The Labute approximate surface area is 105 Å². The van der Waals surface area contributed by atoms with E-state index in [1.807, 2.05) is 12.1 Å². The molecule has 2 aromatic rings. The highest BCUT2D eigenvalue weighted by molar-refractivity contribution is 5.92. The minimum Gasteiger partial charge on any atom is -0.508 e. The predicted octanol–water partition coefficient (Wildman–Crippen LogP) is 1.06. The molecule has 5 N–H and O–H groups in total. The Morgan fingerprint density at radius 2 is 2.17 bits per heavy atom. The lowest BCUT2D eigenvalue weighted by Gasteiger charge is -2.16. The highest BCUT2D eigenvalue weighted by Crippen LogP contribution is 2.24. The van der Waals surface area contributed by atoms with Gasteiger partial charge in [-0.1, -0.05) is 6.07 Å². The Bertz CT molecular complexity index is 543. The minimum atomic E-state index is -0.583. The first-order valence-electron chi connectivity index (χ1n) is 5.83. The van der Waals surface area contributed by atoms with Crippen LogP contribution >= 0.6 is 0 Å². The largest absolute Gasteiger partial charge is 0.508 e. The van der Waals surface area contributed by atoms with E-state index in [1.54, 1.807) is 25.3 Å². The molecule has 5 heteroatoms. The van der Waals surface area contributed by atoms with Gasteiger partial charge in [-0.2, -0.15) is 0 Å². The molecule has 18 heavy (non-hydrogen) atoms. The summed E-state index contributed by atoms with van der Waals surface area (Å²) in [6, 6.07) is 6.62. The van der Waals surface area contributed by atoms with Crippen LogP contribution in [0.2, 0.25) is 0 Å². The summed E-state index contributed by atoms with van der Waals surface area (Å²) in [6.45, 7) is 2.06. The van der Waals surface area contributed by atoms with Crippen molar-refractivity contribution in [1.82, 2.24) is 4.98 Å². The number of rotatable bonds is 4. The third kappa shape index (κ3) is 2.69. The number of aliphatic hydroxyl groups is 1. The molecule has 0 bridgehead atoms. The fourth-order valence-corrected chi connectivity index (χ4v) is 1.68. The number of nitrogens with one attached hydrogen (secondary N) is 1. The number of phenols is 1. The summed E-state index contributed by atoms with van der Waals surface area (Å²) in [7, 11) is 0. The molecule has 0 aliphatic carbocycles. The molecule has 0 radical (unpaired) electrons. The number of phenolic OH excluding ortho intramolecular Hbond substituents is 1. The van der Waals surface area contributed by atoms with Crippen LogP contribution in [0, 0.1) is 0 Å². The molecule has 0 aliphatic rings. The van der Waals surface area contributed by atoms with Crippen LogP contribution in [0.15, 0.2) is 30.5 Å². The summed E-state index contributed by atoms with van der Waals surface area (Å²) < 4.78 is 0. The molecule has 0 saturated heterocycles. The zero-order chi connectivity index (χ0) is 13.1. The maximum atomic E-state index is 9.50. The second-order valence-electron chi connectivity index (χ2n) is 4.35. The van der Waals surface area contributed by atoms with Crippen molar-refractivity contribution in [2.24, 2.45) is 5.73 Å². The lowest BCUT2D eigenvalue weighted by molar-refractivity contribution is 0.168. The highest BCUT2D eigenvalue weighted by atomic mass is 16.3. The van der Waals surface area contributed by atoms with Crippen LogP contribution in [0.25, 0.3) is 10.8 Å². The average molecular weight is 247 g/mol. The van der Waals surface area contributed by atoms with Crippen molar-refractivity contribution in [1.29, 1.82) is 0 Å². The molecule has 0 aliphatic heterocycles. The van der Waals surface area contributed by atoms with Gasteiger partial charge in [0.05, 0.1) is 6.10 Å². The van der Waals surface area contributed by atoms with Gasteiger partial charge in [-0.25, -0.2) is 4.98 Å². The number of nitrogens with two attached hydrogens (primary N) is 1. The Hall–Kier alpha value is -1.85. The fraction of sp³-hybridized carbons (Fsp3) is 0.308. The first-order valence-corrected chi connectivity index (χ1v) is 5.83. The fourth-order valence-electron chi connectivity index (χ4n) is 1.68. The first-order chi connectivity index (χ1) is 8.58. The van der Waals surface area contributed by atoms with Gasteiger partial charge in [0, 0.05) is 24.2 Å².